The van der Waals surface area contributed by atoms with Crippen LogP contribution in [0.3, 0.4) is 0 Å². The van der Waals surface area contributed by atoms with E-state index in [-0.39, 0.29) is 5.92 Å². The number of nitrogens with zero attached hydrogens (tertiary/aromatic N) is 2. The summed E-state index contributed by atoms with van der Waals surface area (Å²) in [7, 11) is 0. The maximum absolute atomic E-state index is 8.99. The smallest absolute Gasteiger partial charge is 0.123 e. The average Bonchev–Trinajstić information content (AvgIpc) is 2.81. The molecule has 0 fully saturated rings. The van der Waals surface area contributed by atoms with Gasteiger partial charge in [-0.25, -0.2) is 4.98 Å². The number of aromatic nitrogens is 1. The molecule has 0 amide bonds. The molecule has 0 radical (unpaired) electrons. The summed E-state index contributed by atoms with van der Waals surface area (Å²) in [6.07, 6.45) is 0.792. The van der Waals surface area contributed by atoms with Crippen molar-refractivity contribution < 1.29 is 0 Å². The fourth-order valence-electron chi connectivity index (χ4n) is 1.54. The first-order valence-corrected chi connectivity index (χ1v) is 6.61. The number of benzene rings is 1. The SMILES string of the molecule is CCC(C#N)c1csc(-c2ccc(Cl)cc2)n1. The Kier molecular flexibility index (Phi) is 3.78. The van der Waals surface area contributed by atoms with Crippen LogP contribution in [0.25, 0.3) is 10.6 Å². The molecule has 0 aliphatic carbocycles. The van der Waals surface area contributed by atoms with Crippen LogP contribution in [0.5, 0.6) is 0 Å². The molecule has 0 saturated heterocycles. The van der Waals surface area contributed by atoms with Crippen LogP contribution in [-0.4, -0.2) is 4.98 Å². The summed E-state index contributed by atoms with van der Waals surface area (Å²) in [5.41, 5.74) is 1.91. The topological polar surface area (TPSA) is 36.7 Å². The van der Waals surface area contributed by atoms with Gasteiger partial charge in [0.1, 0.15) is 5.01 Å². The molecule has 2 aromatic rings. The van der Waals surface area contributed by atoms with Gasteiger partial charge in [-0.15, -0.1) is 11.3 Å². The third-order valence-corrected chi connectivity index (χ3v) is 3.70. The molecule has 1 atom stereocenters. The standard InChI is InChI=1S/C13H11ClN2S/c1-2-9(7-15)12-8-17-13(16-12)10-3-5-11(14)6-4-10/h3-6,8-9H,2H2,1H3. The lowest BCUT2D eigenvalue weighted by Gasteiger charge is -2.00. The second-order valence-electron chi connectivity index (χ2n) is 3.67. The van der Waals surface area contributed by atoms with Gasteiger partial charge in [-0.05, 0) is 18.6 Å². The highest BCUT2D eigenvalue weighted by atomic mass is 35.5. The molecule has 0 spiro atoms. The average molecular weight is 263 g/mol. The van der Waals surface area contributed by atoms with Gasteiger partial charge in [0.05, 0.1) is 17.7 Å². The molecular weight excluding hydrogens is 252 g/mol. The van der Waals surface area contributed by atoms with Crippen molar-refractivity contribution in [3.05, 3.63) is 40.4 Å². The van der Waals surface area contributed by atoms with Gasteiger partial charge in [-0.3, -0.25) is 0 Å². The molecule has 1 heterocycles. The molecule has 0 aliphatic rings. The van der Waals surface area contributed by atoms with Gasteiger partial charge in [0.2, 0.25) is 0 Å². The van der Waals surface area contributed by atoms with Gasteiger partial charge >= 0.3 is 0 Å². The van der Waals surface area contributed by atoms with E-state index in [1.807, 2.05) is 36.6 Å². The van der Waals surface area contributed by atoms with Crippen molar-refractivity contribution in [1.29, 1.82) is 5.26 Å². The number of nitriles is 1. The number of thiazole rings is 1. The third-order valence-electron chi connectivity index (χ3n) is 2.53. The molecule has 0 bridgehead atoms. The van der Waals surface area contributed by atoms with Crippen LogP contribution in [0.4, 0.5) is 0 Å². The summed E-state index contributed by atoms with van der Waals surface area (Å²) in [5.74, 6) is -0.104. The number of hydrogen-bond donors (Lipinski definition) is 0. The fraction of sp³-hybridized carbons (Fsp3) is 0.231. The van der Waals surface area contributed by atoms with Crippen LogP contribution in [0.2, 0.25) is 5.02 Å². The quantitative estimate of drug-likeness (QED) is 0.818. The third kappa shape index (κ3) is 2.66. The van der Waals surface area contributed by atoms with Gasteiger partial charge in [0.25, 0.3) is 0 Å². The van der Waals surface area contributed by atoms with E-state index in [1.54, 1.807) is 11.3 Å². The maximum Gasteiger partial charge on any atom is 0.123 e. The molecule has 1 aromatic carbocycles. The Labute approximate surface area is 110 Å². The Morgan fingerprint density at radius 2 is 2.12 bits per heavy atom. The lowest BCUT2D eigenvalue weighted by Crippen LogP contribution is -1.93. The normalized spacial score (nSPS) is 12.1. The fourth-order valence-corrected chi connectivity index (χ4v) is 2.54. The van der Waals surface area contributed by atoms with E-state index in [9.17, 15) is 0 Å². The highest BCUT2D eigenvalue weighted by Crippen LogP contribution is 2.28. The van der Waals surface area contributed by atoms with E-state index in [0.717, 1.165) is 22.7 Å². The molecule has 4 heteroatoms. The van der Waals surface area contributed by atoms with Crippen molar-refractivity contribution in [2.75, 3.05) is 0 Å². The molecule has 17 heavy (non-hydrogen) atoms. The summed E-state index contributed by atoms with van der Waals surface area (Å²) < 4.78 is 0. The predicted molar refractivity (Wildman–Crippen MR) is 71.2 cm³/mol. The Morgan fingerprint density at radius 3 is 2.71 bits per heavy atom. The van der Waals surface area contributed by atoms with E-state index < -0.39 is 0 Å². The second-order valence-corrected chi connectivity index (χ2v) is 4.97. The zero-order chi connectivity index (χ0) is 12.3. The minimum absolute atomic E-state index is 0.104. The van der Waals surface area contributed by atoms with Crippen molar-refractivity contribution in [3.8, 4) is 16.6 Å². The van der Waals surface area contributed by atoms with Crippen molar-refractivity contribution in [1.82, 2.24) is 4.98 Å². The van der Waals surface area contributed by atoms with Crippen molar-refractivity contribution >= 4 is 22.9 Å². The first-order chi connectivity index (χ1) is 8.24. The highest BCUT2D eigenvalue weighted by molar-refractivity contribution is 7.13. The minimum Gasteiger partial charge on any atom is -0.240 e. The lowest BCUT2D eigenvalue weighted by atomic mass is 10.1. The summed E-state index contributed by atoms with van der Waals surface area (Å²) in [6.45, 7) is 2.00. The predicted octanol–water partition coefficient (Wildman–Crippen LogP) is 4.48. The van der Waals surface area contributed by atoms with Crippen LogP contribution in [0, 0.1) is 11.3 Å². The highest BCUT2D eigenvalue weighted by Gasteiger charge is 2.12. The molecule has 0 aliphatic heterocycles. The number of halogens is 1. The minimum atomic E-state index is -0.104. The summed E-state index contributed by atoms with van der Waals surface area (Å²) in [6, 6.07) is 9.84. The van der Waals surface area contributed by atoms with Gasteiger partial charge in [-0.2, -0.15) is 5.26 Å². The summed E-state index contributed by atoms with van der Waals surface area (Å²) in [4.78, 5) is 4.51. The monoisotopic (exact) mass is 262 g/mol. The lowest BCUT2D eigenvalue weighted by molar-refractivity contribution is 0.795. The molecule has 2 nitrogen and oxygen atoms in total. The van der Waals surface area contributed by atoms with Gasteiger partial charge in [0, 0.05) is 16.0 Å². The molecule has 2 rings (SSSR count). The first-order valence-electron chi connectivity index (χ1n) is 5.35. The van der Waals surface area contributed by atoms with Crippen LogP contribution < -0.4 is 0 Å². The van der Waals surface area contributed by atoms with Crippen LogP contribution in [0.1, 0.15) is 25.0 Å². The van der Waals surface area contributed by atoms with Crippen LogP contribution in [-0.2, 0) is 0 Å². The first kappa shape index (κ1) is 12.1. The second kappa shape index (κ2) is 5.31. The molecule has 1 aromatic heterocycles. The Morgan fingerprint density at radius 1 is 1.41 bits per heavy atom. The molecule has 0 N–H and O–H groups in total. The summed E-state index contributed by atoms with van der Waals surface area (Å²) in [5, 5.41) is 12.6. The molecular formula is C13H11ClN2S. The Balaban J connectivity index is 2.30. The van der Waals surface area contributed by atoms with E-state index in [1.165, 1.54) is 0 Å². The Bertz CT molecular complexity index is 539. The largest absolute Gasteiger partial charge is 0.240 e. The van der Waals surface area contributed by atoms with Crippen LogP contribution in [0.15, 0.2) is 29.6 Å². The number of hydrogen-bond acceptors (Lipinski definition) is 3. The maximum atomic E-state index is 8.99. The van der Waals surface area contributed by atoms with Gasteiger partial charge in [0.15, 0.2) is 0 Å². The molecule has 0 saturated carbocycles. The van der Waals surface area contributed by atoms with Crippen molar-refractivity contribution in [2.24, 2.45) is 0 Å². The zero-order valence-electron chi connectivity index (χ0n) is 9.35. The Hall–Kier alpha value is -1.37. The number of rotatable bonds is 3. The molecule has 1 unspecified atom stereocenters. The van der Waals surface area contributed by atoms with Gasteiger partial charge in [-0.1, -0.05) is 30.7 Å². The van der Waals surface area contributed by atoms with Crippen LogP contribution >= 0.6 is 22.9 Å². The van der Waals surface area contributed by atoms with Crippen molar-refractivity contribution in [2.45, 2.75) is 19.3 Å². The van der Waals surface area contributed by atoms with E-state index in [2.05, 4.69) is 11.1 Å². The molecule has 86 valence electrons. The summed E-state index contributed by atoms with van der Waals surface area (Å²) >= 11 is 7.40. The van der Waals surface area contributed by atoms with Gasteiger partial charge < -0.3 is 0 Å². The van der Waals surface area contributed by atoms with E-state index in [0.29, 0.717) is 5.02 Å². The van der Waals surface area contributed by atoms with E-state index >= 15 is 0 Å². The van der Waals surface area contributed by atoms with E-state index in [4.69, 9.17) is 16.9 Å². The van der Waals surface area contributed by atoms with Crippen molar-refractivity contribution in [3.63, 3.8) is 0 Å². The zero-order valence-corrected chi connectivity index (χ0v) is 10.9.